The fourth-order valence-electron chi connectivity index (χ4n) is 1.51. The van der Waals surface area contributed by atoms with Crippen LogP contribution in [0.1, 0.15) is 11.1 Å². The van der Waals surface area contributed by atoms with Crippen molar-refractivity contribution in [1.29, 1.82) is 0 Å². The van der Waals surface area contributed by atoms with Crippen LogP contribution in [-0.2, 0) is 6.42 Å². The zero-order valence-corrected chi connectivity index (χ0v) is 6.45. The summed E-state index contributed by atoms with van der Waals surface area (Å²) >= 11 is 0. The predicted molar refractivity (Wildman–Crippen MR) is 43.3 cm³/mol. The summed E-state index contributed by atoms with van der Waals surface area (Å²) < 4.78 is 13.1. The van der Waals surface area contributed by atoms with Crippen LogP contribution >= 0.6 is 0 Å². The van der Waals surface area contributed by atoms with Crippen LogP contribution in [0.5, 0.6) is 0 Å². The molecular formula is C9H10FN. The highest BCUT2D eigenvalue weighted by Gasteiger charge is 2.14. The zero-order chi connectivity index (χ0) is 7.84. The SMILES string of the molecule is Cc1cc(F)c2c(c1)NCC2. The monoisotopic (exact) mass is 151 g/mol. The molecule has 58 valence electrons. The molecule has 0 aliphatic carbocycles. The number of anilines is 1. The van der Waals surface area contributed by atoms with Crippen molar-refractivity contribution in [3.8, 4) is 0 Å². The van der Waals surface area contributed by atoms with Crippen LogP contribution < -0.4 is 5.32 Å². The lowest BCUT2D eigenvalue weighted by atomic mass is 10.1. The fourth-order valence-corrected chi connectivity index (χ4v) is 1.51. The van der Waals surface area contributed by atoms with Crippen LogP contribution in [0.4, 0.5) is 10.1 Å². The normalized spacial score (nSPS) is 14.4. The summed E-state index contributed by atoms with van der Waals surface area (Å²) in [5.41, 5.74) is 2.80. The van der Waals surface area contributed by atoms with Gasteiger partial charge in [0.05, 0.1) is 0 Å². The van der Waals surface area contributed by atoms with E-state index in [0.717, 1.165) is 29.8 Å². The van der Waals surface area contributed by atoms with E-state index in [4.69, 9.17) is 0 Å². The average Bonchev–Trinajstić information content (AvgIpc) is 2.34. The molecule has 1 heterocycles. The van der Waals surface area contributed by atoms with Gasteiger partial charge < -0.3 is 5.32 Å². The van der Waals surface area contributed by atoms with E-state index in [1.807, 2.05) is 13.0 Å². The zero-order valence-electron chi connectivity index (χ0n) is 6.45. The molecule has 0 saturated carbocycles. The van der Waals surface area contributed by atoms with Gasteiger partial charge in [-0.25, -0.2) is 4.39 Å². The smallest absolute Gasteiger partial charge is 0.128 e. The first-order valence-electron chi connectivity index (χ1n) is 3.80. The Bertz CT molecular complexity index is 294. The Hall–Kier alpha value is -1.05. The minimum absolute atomic E-state index is 0.0648. The van der Waals surface area contributed by atoms with Crippen LogP contribution in [0.25, 0.3) is 0 Å². The minimum Gasteiger partial charge on any atom is -0.384 e. The van der Waals surface area contributed by atoms with Gasteiger partial charge in [-0.2, -0.15) is 0 Å². The van der Waals surface area contributed by atoms with E-state index < -0.39 is 0 Å². The van der Waals surface area contributed by atoms with E-state index in [1.165, 1.54) is 0 Å². The van der Waals surface area contributed by atoms with E-state index in [0.29, 0.717) is 0 Å². The highest BCUT2D eigenvalue weighted by atomic mass is 19.1. The standard InChI is InChI=1S/C9H10FN/c1-6-4-8(10)7-2-3-11-9(7)5-6/h4-5,11H,2-3H2,1H3. The van der Waals surface area contributed by atoms with Gasteiger partial charge in [-0.15, -0.1) is 0 Å². The Kier molecular flexibility index (Phi) is 1.34. The summed E-state index contributed by atoms with van der Waals surface area (Å²) in [5, 5.41) is 3.14. The van der Waals surface area contributed by atoms with E-state index in [1.54, 1.807) is 6.07 Å². The molecule has 2 rings (SSSR count). The second-order valence-electron chi connectivity index (χ2n) is 2.95. The maximum atomic E-state index is 13.1. The summed E-state index contributed by atoms with van der Waals surface area (Å²) in [6, 6.07) is 3.58. The summed E-state index contributed by atoms with van der Waals surface area (Å²) in [6.07, 6.45) is 0.821. The Morgan fingerprint density at radius 2 is 2.27 bits per heavy atom. The lowest BCUT2D eigenvalue weighted by molar-refractivity contribution is 0.614. The summed E-state index contributed by atoms with van der Waals surface area (Å²) in [5.74, 6) is -0.0648. The van der Waals surface area contributed by atoms with Gasteiger partial charge in [0.2, 0.25) is 0 Å². The molecule has 0 amide bonds. The molecule has 0 radical (unpaired) electrons. The van der Waals surface area contributed by atoms with Crippen molar-refractivity contribution in [2.45, 2.75) is 13.3 Å². The molecule has 1 N–H and O–H groups in total. The van der Waals surface area contributed by atoms with Crippen LogP contribution in [0.2, 0.25) is 0 Å². The fraction of sp³-hybridized carbons (Fsp3) is 0.333. The first-order valence-corrected chi connectivity index (χ1v) is 3.80. The van der Waals surface area contributed by atoms with E-state index in [-0.39, 0.29) is 5.82 Å². The molecule has 1 aromatic rings. The quantitative estimate of drug-likeness (QED) is 0.598. The number of rotatable bonds is 0. The molecule has 2 heteroatoms. The van der Waals surface area contributed by atoms with Gasteiger partial charge in [-0.05, 0) is 31.0 Å². The second kappa shape index (κ2) is 2.22. The van der Waals surface area contributed by atoms with Crippen LogP contribution in [0.15, 0.2) is 12.1 Å². The van der Waals surface area contributed by atoms with Gasteiger partial charge in [0.1, 0.15) is 5.82 Å². The topological polar surface area (TPSA) is 12.0 Å². The Morgan fingerprint density at radius 1 is 1.45 bits per heavy atom. The molecule has 0 spiro atoms. The molecule has 0 atom stereocenters. The maximum absolute atomic E-state index is 13.1. The van der Waals surface area contributed by atoms with Crippen LogP contribution in [0, 0.1) is 12.7 Å². The molecule has 0 aromatic heterocycles. The number of hydrogen-bond acceptors (Lipinski definition) is 1. The third-order valence-corrected chi connectivity index (χ3v) is 2.03. The summed E-state index contributed by atoms with van der Waals surface area (Å²) in [7, 11) is 0. The molecule has 0 saturated heterocycles. The molecular weight excluding hydrogens is 141 g/mol. The van der Waals surface area contributed by atoms with Crippen molar-refractivity contribution in [3.63, 3.8) is 0 Å². The van der Waals surface area contributed by atoms with Gasteiger partial charge >= 0.3 is 0 Å². The Labute approximate surface area is 65.2 Å². The van der Waals surface area contributed by atoms with Crippen molar-refractivity contribution >= 4 is 5.69 Å². The second-order valence-corrected chi connectivity index (χ2v) is 2.95. The van der Waals surface area contributed by atoms with Crippen molar-refractivity contribution in [1.82, 2.24) is 0 Å². The lowest BCUT2D eigenvalue weighted by Gasteiger charge is -2.01. The van der Waals surface area contributed by atoms with E-state index >= 15 is 0 Å². The number of aryl methyl sites for hydroxylation is 1. The number of nitrogens with one attached hydrogen (secondary N) is 1. The Balaban J connectivity index is 2.60. The highest BCUT2D eigenvalue weighted by Crippen LogP contribution is 2.25. The molecule has 1 aliphatic rings. The van der Waals surface area contributed by atoms with Gasteiger partial charge in [-0.1, -0.05) is 0 Å². The summed E-state index contributed by atoms with van der Waals surface area (Å²) in [4.78, 5) is 0. The summed E-state index contributed by atoms with van der Waals surface area (Å²) in [6.45, 7) is 2.78. The molecule has 11 heavy (non-hydrogen) atoms. The predicted octanol–water partition coefficient (Wildman–Crippen LogP) is 2.10. The van der Waals surface area contributed by atoms with Gasteiger partial charge in [0.15, 0.2) is 0 Å². The number of fused-ring (bicyclic) bond motifs is 1. The van der Waals surface area contributed by atoms with Gasteiger partial charge in [0.25, 0.3) is 0 Å². The molecule has 1 aromatic carbocycles. The highest BCUT2D eigenvalue weighted by molar-refractivity contribution is 5.57. The third-order valence-electron chi connectivity index (χ3n) is 2.03. The largest absolute Gasteiger partial charge is 0.384 e. The van der Waals surface area contributed by atoms with Crippen molar-refractivity contribution in [2.75, 3.05) is 11.9 Å². The minimum atomic E-state index is -0.0648. The molecule has 1 aliphatic heterocycles. The van der Waals surface area contributed by atoms with Gasteiger partial charge in [-0.3, -0.25) is 0 Å². The van der Waals surface area contributed by atoms with E-state index in [9.17, 15) is 4.39 Å². The molecule has 1 nitrogen and oxygen atoms in total. The molecule has 0 fully saturated rings. The van der Waals surface area contributed by atoms with Gasteiger partial charge in [0, 0.05) is 17.8 Å². The number of benzene rings is 1. The average molecular weight is 151 g/mol. The Morgan fingerprint density at radius 3 is 3.09 bits per heavy atom. The van der Waals surface area contributed by atoms with Crippen molar-refractivity contribution < 1.29 is 4.39 Å². The molecule has 0 bridgehead atoms. The number of halogens is 1. The molecule has 0 unspecified atom stereocenters. The number of hydrogen-bond donors (Lipinski definition) is 1. The van der Waals surface area contributed by atoms with Crippen molar-refractivity contribution in [2.24, 2.45) is 0 Å². The first kappa shape index (κ1) is 6.65. The maximum Gasteiger partial charge on any atom is 0.128 e. The van der Waals surface area contributed by atoms with Crippen LogP contribution in [0.3, 0.4) is 0 Å². The lowest BCUT2D eigenvalue weighted by Crippen LogP contribution is -1.90. The third kappa shape index (κ3) is 0.985. The van der Waals surface area contributed by atoms with E-state index in [2.05, 4.69) is 5.32 Å². The first-order chi connectivity index (χ1) is 5.27. The van der Waals surface area contributed by atoms with Crippen LogP contribution in [-0.4, -0.2) is 6.54 Å². The van der Waals surface area contributed by atoms with Crippen molar-refractivity contribution in [3.05, 3.63) is 29.1 Å².